The molecule has 0 radical (unpaired) electrons. The minimum absolute atomic E-state index is 0.0350. The largest absolute Gasteiger partial charge is 0.493 e. The predicted octanol–water partition coefficient (Wildman–Crippen LogP) is 5.23. The van der Waals surface area contributed by atoms with Gasteiger partial charge in [-0.3, -0.25) is 4.79 Å². The first kappa shape index (κ1) is 18.6. The van der Waals surface area contributed by atoms with Crippen LogP contribution < -0.4 is 4.74 Å². The highest BCUT2D eigenvalue weighted by molar-refractivity contribution is 5.95. The Labute approximate surface area is 158 Å². The average Bonchev–Trinajstić information content (AvgIpc) is 2.97. The molecule has 2 aromatic carbocycles. The number of aromatic hydroxyl groups is 1. The van der Waals surface area contributed by atoms with Crippen molar-refractivity contribution in [1.82, 2.24) is 4.57 Å². The summed E-state index contributed by atoms with van der Waals surface area (Å²) in [4.78, 5) is 12.0. The third-order valence-electron chi connectivity index (χ3n) is 4.27. The number of aromatic nitrogens is 1. The van der Waals surface area contributed by atoms with Gasteiger partial charge in [0, 0.05) is 11.9 Å². The van der Waals surface area contributed by atoms with Crippen molar-refractivity contribution in [3.8, 4) is 11.6 Å². The van der Waals surface area contributed by atoms with Crippen molar-refractivity contribution < 1.29 is 14.6 Å². The van der Waals surface area contributed by atoms with Gasteiger partial charge >= 0.3 is 5.91 Å². The van der Waals surface area contributed by atoms with Crippen LogP contribution in [0.25, 0.3) is 10.9 Å². The van der Waals surface area contributed by atoms with E-state index in [0.717, 1.165) is 30.2 Å². The summed E-state index contributed by atoms with van der Waals surface area (Å²) >= 11 is 0. The molecule has 0 spiro atoms. The number of carbonyl (C=O) groups is 1. The van der Waals surface area contributed by atoms with Crippen molar-refractivity contribution in [2.75, 3.05) is 6.61 Å². The molecule has 6 heteroatoms. The van der Waals surface area contributed by atoms with E-state index in [4.69, 9.17) is 4.74 Å². The molecule has 0 saturated carbocycles. The number of azo groups is 1. The van der Waals surface area contributed by atoms with Crippen molar-refractivity contribution >= 4 is 22.5 Å². The molecule has 6 nitrogen and oxygen atoms in total. The molecule has 0 saturated heterocycles. The van der Waals surface area contributed by atoms with Crippen LogP contribution >= 0.6 is 0 Å². The van der Waals surface area contributed by atoms with Gasteiger partial charge in [0.15, 0.2) is 12.3 Å². The van der Waals surface area contributed by atoms with Gasteiger partial charge in [-0.05, 0) is 24.6 Å². The molecular formula is C21H23N3O3. The van der Waals surface area contributed by atoms with E-state index in [-0.39, 0.29) is 12.5 Å². The highest BCUT2D eigenvalue weighted by Gasteiger charge is 2.16. The standard InChI is InChI=1S/C21H23N3O3/c1-2-3-9-14-24-18-13-8-7-12-17(18)20(21(24)26)23-22-19(25)15-27-16-10-5-4-6-11-16/h4-8,10-13,26H,2-3,9,14-15H2,1H3. The van der Waals surface area contributed by atoms with Crippen LogP contribution in [0, 0.1) is 0 Å². The average molecular weight is 365 g/mol. The van der Waals surface area contributed by atoms with Gasteiger partial charge in [0.1, 0.15) is 5.75 Å². The van der Waals surface area contributed by atoms with Crippen molar-refractivity contribution in [3.63, 3.8) is 0 Å². The smallest absolute Gasteiger partial charge is 0.302 e. The molecule has 3 rings (SSSR count). The first-order valence-electron chi connectivity index (χ1n) is 9.13. The highest BCUT2D eigenvalue weighted by Crippen LogP contribution is 2.39. The van der Waals surface area contributed by atoms with Crippen LogP contribution in [-0.2, 0) is 11.3 Å². The summed E-state index contributed by atoms with van der Waals surface area (Å²) in [6.45, 7) is 2.63. The first-order valence-corrected chi connectivity index (χ1v) is 9.13. The quantitative estimate of drug-likeness (QED) is 0.439. The summed E-state index contributed by atoms with van der Waals surface area (Å²) in [5.74, 6) is 0.116. The molecule has 0 aliphatic heterocycles. The van der Waals surface area contributed by atoms with E-state index in [1.165, 1.54) is 0 Å². The third kappa shape index (κ3) is 4.53. The van der Waals surface area contributed by atoms with Gasteiger partial charge in [-0.2, -0.15) is 0 Å². The first-order chi connectivity index (χ1) is 13.2. The molecular weight excluding hydrogens is 342 g/mol. The lowest BCUT2D eigenvalue weighted by Crippen LogP contribution is -2.07. The van der Waals surface area contributed by atoms with Crippen LogP contribution in [0.5, 0.6) is 11.6 Å². The Hall–Kier alpha value is -3.15. The maximum atomic E-state index is 12.0. The van der Waals surface area contributed by atoms with E-state index in [0.29, 0.717) is 18.0 Å². The summed E-state index contributed by atoms with van der Waals surface area (Å²) in [5, 5.41) is 19.1. The van der Waals surface area contributed by atoms with Crippen molar-refractivity contribution in [3.05, 3.63) is 54.6 Å². The molecule has 1 heterocycles. The fourth-order valence-electron chi connectivity index (χ4n) is 2.91. The molecule has 0 aliphatic rings. The second kappa shape index (κ2) is 8.98. The number of fused-ring (bicyclic) bond motifs is 1. The second-order valence-corrected chi connectivity index (χ2v) is 6.24. The number of carbonyl (C=O) groups excluding carboxylic acids is 1. The Bertz CT molecular complexity index is 932. The summed E-state index contributed by atoms with van der Waals surface area (Å²) in [7, 11) is 0. The maximum Gasteiger partial charge on any atom is 0.302 e. The lowest BCUT2D eigenvalue weighted by Gasteiger charge is -2.05. The van der Waals surface area contributed by atoms with E-state index >= 15 is 0 Å². The van der Waals surface area contributed by atoms with Gasteiger partial charge in [0.2, 0.25) is 5.88 Å². The Morgan fingerprint density at radius 3 is 2.59 bits per heavy atom. The normalized spacial score (nSPS) is 11.3. The zero-order chi connectivity index (χ0) is 19.1. The van der Waals surface area contributed by atoms with E-state index < -0.39 is 5.91 Å². The fraction of sp³-hybridized carbons (Fsp3) is 0.286. The zero-order valence-corrected chi connectivity index (χ0v) is 15.3. The summed E-state index contributed by atoms with van der Waals surface area (Å²) in [6, 6.07) is 16.6. The van der Waals surface area contributed by atoms with Crippen LogP contribution in [-0.4, -0.2) is 22.2 Å². The molecule has 3 aromatic rings. The molecule has 1 aromatic heterocycles. The Balaban J connectivity index is 1.76. The molecule has 0 bridgehead atoms. The van der Waals surface area contributed by atoms with Crippen molar-refractivity contribution in [2.24, 2.45) is 10.2 Å². The Morgan fingerprint density at radius 1 is 1.07 bits per heavy atom. The zero-order valence-electron chi connectivity index (χ0n) is 15.3. The maximum absolute atomic E-state index is 12.0. The SMILES string of the molecule is CCCCCn1c(O)c(N=NC(=O)COc2ccccc2)c2ccccc21. The van der Waals surface area contributed by atoms with E-state index in [1.54, 1.807) is 12.1 Å². The van der Waals surface area contributed by atoms with Gasteiger partial charge in [-0.25, -0.2) is 0 Å². The summed E-state index contributed by atoms with van der Waals surface area (Å²) < 4.78 is 7.20. The van der Waals surface area contributed by atoms with Crippen LogP contribution in [0.1, 0.15) is 26.2 Å². The number of hydrogen-bond donors (Lipinski definition) is 1. The molecule has 140 valence electrons. The van der Waals surface area contributed by atoms with Gasteiger partial charge in [-0.15, -0.1) is 10.2 Å². The number of aryl methyl sites for hydroxylation is 1. The van der Waals surface area contributed by atoms with Crippen LogP contribution in [0.15, 0.2) is 64.8 Å². The fourth-order valence-corrected chi connectivity index (χ4v) is 2.91. The molecule has 1 amide bonds. The molecule has 0 unspecified atom stereocenters. The monoisotopic (exact) mass is 365 g/mol. The molecule has 0 atom stereocenters. The number of ether oxygens (including phenoxy) is 1. The molecule has 1 N–H and O–H groups in total. The third-order valence-corrected chi connectivity index (χ3v) is 4.27. The number of amides is 1. The van der Waals surface area contributed by atoms with Gasteiger partial charge < -0.3 is 14.4 Å². The molecule has 0 fully saturated rings. The van der Waals surface area contributed by atoms with Gasteiger partial charge in [0.25, 0.3) is 0 Å². The van der Waals surface area contributed by atoms with Crippen LogP contribution in [0.3, 0.4) is 0 Å². The van der Waals surface area contributed by atoms with Gasteiger partial charge in [0.05, 0.1) is 5.52 Å². The van der Waals surface area contributed by atoms with Crippen molar-refractivity contribution in [2.45, 2.75) is 32.7 Å². The van der Waals surface area contributed by atoms with E-state index in [1.807, 2.05) is 47.0 Å². The van der Waals surface area contributed by atoms with E-state index in [2.05, 4.69) is 17.2 Å². The van der Waals surface area contributed by atoms with E-state index in [9.17, 15) is 9.90 Å². The lowest BCUT2D eigenvalue weighted by molar-refractivity contribution is -0.120. The summed E-state index contributed by atoms with van der Waals surface area (Å²) in [5.41, 5.74) is 1.20. The number of nitrogens with zero attached hydrogens (tertiary/aromatic N) is 3. The molecule has 27 heavy (non-hydrogen) atoms. The second-order valence-electron chi connectivity index (χ2n) is 6.24. The minimum Gasteiger partial charge on any atom is -0.493 e. The Morgan fingerprint density at radius 2 is 1.81 bits per heavy atom. The number of hydrogen-bond acceptors (Lipinski definition) is 4. The van der Waals surface area contributed by atoms with Gasteiger partial charge in [-0.1, -0.05) is 56.2 Å². The minimum atomic E-state index is -0.513. The predicted molar refractivity (Wildman–Crippen MR) is 105 cm³/mol. The highest BCUT2D eigenvalue weighted by atomic mass is 16.5. The topological polar surface area (TPSA) is 76.2 Å². The molecule has 0 aliphatic carbocycles. The lowest BCUT2D eigenvalue weighted by atomic mass is 10.2. The number of rotatable bonds is 8. The number of unbranched alkanes of at least 4 members (excludes halogenated alkanes) is 2. The number of benzene rings is 2. The van der Waals surface area contributed by atoms with Crippen molar-refractivity contribution in [1.29, 1.82) is 0 Å². The Kier molecular flexibility index (Phi) is 6.20. The number of para-hydroxylation sites is 2. The van der Waals surface area contributed by atoms with Crippen LogP contribution in [0.4, 0.5) is 5.69 Å². The van der Waals surface area contributed by atoms with Crippen LogP contribution in [0.2, 0.25) is 0 Å². The summed E-state index contributed by atoms with van der Waals surface area (Å²) in [6.07, 6.45) is 3.14.